The number of ketones is 1. The van der Waals surface area contributed by atoms with Crippen LogP contribution in [0.5, 0.6) is 5.75 Å². The number of nitrogens with zero attached hydrogens (tertiary/aromatic N) is 1. The van der Waals surface area contributed by atoms with Crippen molar-refractivity contribution >= 4 is 17.5 Å². The number of quaternary nitrogens is 1. The molecular weight excluding hydrogens is 260 g/mol. The van der Waals surface area contributed by atoms with Gasteiger partial charge in [-0.3, -0.25) is 9.78 Å². The van der Waals surface area contributed by atoms with Crippen molar-refractivity contribution in [3.05, 3.63) is 65.1 Å². The Morgan fingerprint density at radius 1 is 1.35 bits per heavy atom. The smallest absolute Gasteiger partial charge is 0.189 e. The Bertz CT molecular complexity index is 639. The highest BCUT2D eigenvalue weighted by Gasteiger charge is 2.12. The molecule has 2 aromatic rings. The summed E-state index contributed by atoms with van der Waals surface area (Å²) in [6, 6.07) is 7.07. The molecule has 0 spiro atoms. The first-order valence-corrected chi connectivity index (χ1v) is 5.76. The molecule has 2 rings (SSSR count). The van der Waals surface area contributed by atoms with Crippen molar-refractivity contribution in [3.8, 4) is 5.75 Å². The zero-order chi connectivity index (χ0) is 14.5. The molecule has 0 aliphatic heterocycles. The third-order valence-electron chi connectivity index (χ3n) is 2.62. The maximum absolute atomic E-state index is 12.0. The van der Waals surface area contributed by atoms with E-state index < -0.39 is 11.0 Å². The highest BCUT2D eigenvalue weighted by Crippen LogP contribution is 2.20. The molecule has 1 aromatic carbocycles. The summed E-state index contributed by atoms with van der Waals surface area (Å²) in [5, 5.41) is 28.2. The summed E-state index contributed by atoms with van der Waals surface area (Å²) in [4.78, 5) is 15.9. The van der Waals surface area contributed by atoms with Crippen LogP contribution < -0.4 is 5.23 Å². The normalized spacial score (nSPS) is 12.5. The molecule has 1 heterocycles. The lowest BCUT2D eigenvalue weighted by molar-refractivity contribution is -0.991. The summed E-state index contributed by atoms with van der Waals surface area (Å²) in [5.41, 5.74) is 0.626. The molecule has 6 heteroatoms. The summed E-state index contributed by atoms with van der Waals surface area (Å²) in [6.07, 6.45) is 6.00. The van der Waals surface area contributed by atoms with Gasteiger partial charge >= 0.3 is 0 Å². The molecule has 102 valence electrons. The van der Waals surface area contributed by atoms with E-state index in [4.69, 9.17) is 5.21 Å². The quantitative estimate of drug-likeness (QED) is 0.335. The standard InChI is InChI=1S/C14H12N2O4/c17-13(5-3-10-2-1-7-15-9-10)12-8-11(16(19)20)4-6-14(12)18/h1-9,16,18-19H. The fraction of sp³-hybridized carbons (Fsp3) is 0. The molecule has 0 saturated heterocycles. The van der Waals surface area contributed by atoms with Gasteiger partial charge in [-0.2, -0.15) is 5.23 Å². The minimum absolute atomic E-state index is 0.0509. The summed E-state index contributed by atoms with van der Waals surface area (Å²) >= 11 is 0. The maximum atomic E-state index is 12.0. The topological polar surface area (TPSA) is 97.9 Å². The lowest BCUT2D eigenvalue weighted by Gasteiger charge is -2.12. The van der Waals surface area contributed by atoms with E-state index in [1.165, 1.54) is 18.2 Å². The van der Waals surface area contributed by atoms with Gasteiger partial charge < -0.3 is 10.3 Å². The van der Waals surface area contributed by atoms with Crippen LogP contribution in [0.4, 0.5) is 5.69 Å². The number of phenolic OH excluding ortho intramolecular Hbond substituents is 1. The zero-order valence-electron chi connectivity index (χ0n) is 10.4. The molecule has 0 aliphatic rings. The molecular formula is C14H12N2O4. The molecule has 0 amide bonds. The van der Waals surface area contributed by atoms with Crippen LogP contribution in [0, 0.1) is 5.21 Å². The first-order valence-electron chi connectivity index (χ1n) is 5.76. The Morgan fingerprint density at radius 3 is 2.80 bits per heavy atom. The number of carbonyl (C=O) groups excluding carboxylic acids is 1. The van der Waals surface area contributed by atoms with Gasteiger partial charge in [0.2, 0.25) is 0 Å². The number of aromatic hydroxyl groups is 1. The van der Waals surface area contributed by atoms with Gasteiger partial charge in [0.1, 0.15) is 5.75 Å². The van der Waals surface area contributed by atoms with Crippen LogP contribution in [0.15, 0.2) is 48.8 Å². The predicted molar refractivity (Wildman–Crippen MR) is 71.5 cm³/mol. The van der Waals surface area contributed by atoms with E-state index in [1.54, 1.807) is 30.6 Å². The Hall–Kier alpha value is -2.54. The monoisotopic (exact) mass is 272 g/mol. The molecule has 20 heavy (non-hydrogen) atoms. The first kappa shape index (κ1) is 13.9. The summed E-state index contributed by atoms with van der Waals surface area (Å²) in [6.45, 7) is 0. The molecule has 0 saturated carbocycles. The van der Waals surface area contributed by atoms with Crippen molar-refractivity contribution < 1.29 is 20.3 Å². The number of aromatic nitrogens is 1. The fourth-order valence-electron chi connectivity index (χ4n) is 1.60. The van der Waals surface area contributed by atoms with E-state index in [0.717, 1.165) is 11.6 Å². The maximum Gasteiger partial charge on any atom is 0.189 e. The minimum atomic E-state index is -1.16. The van der Waals surface area contributed by atoms with Crippen LogP contribution in [-0.4, -0.2) is 21.1 Å². The Kier molecular flexibility index (Phi) is 4.21. The van der Waals surface area contributed by atoms with Crippen molar-refractivity contribution in [2.75, 3.05) is 0 Å². The summed E-state index contributed by atoms with van der Waals surface area (Å²) in [7, 11) is 0. The third-order valence-corrected chi connectivity index (χ3v) is 2.62. The number of pyridine rings is 1. The van der Waals surface area contributed by atoms with E-state index in [-0.39, 0.29) is 17.0 Å². The van der Waals surface area contributed by atoms with Crippen LogP contribution in [0.1, 0.15) is 15.9 Å². The van der Waals surface area contributed by atoms with Gasteiger partial charge in [0.15, 0.2) is 11.5 Å². The molecule has 1 atom stereocenters. The molecule has 1 unspecified atom stereocenters. The highest BCUT2D eigenvalue weighted by molar-refractivity contribution is 6.08. The lowest BCUT2D eigenvalue weighted by Crippen LogP contribution is -2.99. The number of allylic oxidation sites excluding steroid dienone is 1. The number of carbonyl (C=O) groups is 1. The van der Waals surface area contributed by atoms with Crippen molar-refractivity contribution in [1.82, 2.24) is 4.98 Å². The number of nitrogens with one attached hydrogen (secondary N) is 1. The molecule has 3 N–H and O–H groups in total. The van der Waals surface area contributed by atoms with Gasteiger partial charge in [0, 0.05) is 24.5 Å². The van der Waals surface area contributed by atoms with Crippen LogP contribution in [-0.2, 0) is 0 Å². The Morgan fingerprint density at radius 2 is 2.15 bits per heavy atom. The van der Waals surface area contributed by atoms with E-state index in [2.05, 4.69) is 4.98 Å². The largest absolute Gasteiger partial charge is 0.595 e. The van der Waals surface area contributed by atoms with Gasteiger partial charge in [-0.25, -0.2) is 5.21 Å². The van der Waals surface area contributed by atoms with Crippen LogP contribution in [0.2, 0.25) is 0 Å². The van der Waals surface area contributed by atoms with Crippen LogP contribution in [0.25, 0.3) is 6.08 Å². The van der Waals surface area contributed by atoms with E-state index >= 15 is 0 Å². The highest BCUT2D eigenvalue weighted by atomic mass is 16.8. The average molecular weight is 272 g/mol. The second-order valence-corrected chi connectivity index (χ2v) is 4.02. The molecule has 0 bridgehead atoms. The van der Waals surface area contributed by atoms with Gasteiger partial charge in [0.25, 0.3) is 0 Å². The third kappa shape index (κ3) is 3.27. The van der Waals surface area contributed by atoms with Crippen molar-refractivity contribution in [1.29, 1.82) is 0 Å². The van der Waals surface area contributed by atoms with Crippen LogP contribution in [0.3, 0.4) is 0 Å². The number of hydrogen-bond acceptors (Lipinski definition) is 5. The molecule has 0 fully saturated rings. The zero-order valence-corrected chi connectivity index (χ0v) is 10.4. The van der Waals surface area contributed by atoms with Crippen molar-refractivity contribution in [3.63, 3.8) is 0 Å². The number of rotatable bonds is 4. The van der Waals surface area contributed by atoms with Crippen LogP contribution >= 0.6 is 0 Å². The van der Waals surface area contributed by atoms with Crippen molar-refractivity contribution in [2.45, 2.75) is 0 Å². The van der Waals surface area contributed by atoms with Gasteiger partial charge in [-0.15, -0.1) is 0 Å². The Labute approximate surface area is 114 Å². The first-order chi connectivity index (χ1) is 9.58. The van der Waals surface area contributed by atoms with Gasteiger partial charge in [0.05, 0.1) is 5.56 Å². The van der Waals surface area contributed by atoms with E-state index in [9.17, 15) is 15.1 Å². The van der Waals surface area contributed by atoms with Crippen molar-refractivity contribution in [2.24, 2.45) is 0 Å². The second-order valence-electron chi connectivity index (χ2n) is 4.02. The molecule has 1 aromatic heterocycles. The number of hydrogen-bond donors (Lipinski definition) is 3. The fourth-order valence-corrected chi connectivity index (χ4v) is 1.60. The Balaban J connectivity index is 2.25. The molecule has 0 radical (unpaired) electrons. The summed E-state index contributed by atoms with van der Waals surface area (Å²) in [5.74, 6) is -0.731. The predicted octanol–water partition coefficient (Wildman–Crippen LogP) is 1.09. The second kappa shape index (κ2) is 6.07. The SMILES string of the molecule is O=C(C=Cc1cccnc1)c1cc([NH+]([O-])O)ccc1O. The van der Waals surface area contributed by atoms with Gasteiger partial charge in [-0.1, -0.05) is 6.07 Å². The molecule has 0 aliphatic carbocycles. The number of benzene rings is 1. The minimum Gasteiger partial charge on any atom is -0.595 e. The lowest BCUT2D eigenvalue weighted by atomic mass is 10.1. The van der Waals surface area contributed by atoms with Gasteiger partial charge in [-0.05, 0) is 29.8 Å². The number of phenols is 1. The van der Waals surface area contributed by atoms with E-state index in [0.29, 0.717) is 0 Å². The average Bonchev–Trinajstić information content (AvgIpc) is 2.46. The summed E-state index contributed by atoms with van der Waals surface area (Å²) < 4.78 is 0. The molecule has 6 nitrogen and oxygen atoms in total. The van der Waals surface area contributed by atoms with E-state index in [1.807, 2.05) is 0 Å².